The molecule has 31 heavy (non-hydrogen) atoms. The molecule has 2 aliphatic heterocycles. The van der Waals surface area contributed by atoms with Crippen LogP contribution in [0.25, 0.3) is 0 Å². The number of para-hydroxylation sites is 1. The SMILES string of the molecule is O=CNc1ccc(Oc2cccnc2)cc1.[HH].c1cc(CN2CCCC2)c2c(c1)OCO2. The Kier molecular flexibility index (Phi) is 6.97. The lowest BCUT2D eigenvalue weighted by Gasteiger charge is -2.15. The second kappa shape index (κ2) is 10.4. The molecule has 1 aromatic heterocycles. The van der Waals surface area contributed by atoms with Gasteiger partial charge in [0, 0.05) is 25.4 Å². The highest BCUT2D eigenvalue weighted by Gasteiger charge is 2.20. The normalized spacial score (nSPS) is 14.5. The van der Waals surface area contributed by atoms with Crippen LogP contribution in [0.2, 0.25) is 0 Å². The maximum Gasteiger partial charge on any atom is 0.231 e. The molecule has 3 heterocycles. The predicted octanol–water partition coefficient (Wildman–Crippen LogP) is 4.70. The molecule has 7 heteroatoms. The van der Waals surface area contributed by atoms with Gasteiger partial charge in [0.2, 0.25) is 13.2 Å². The van der Waals surface area contributed by atoms with Gasteiger partial charge in [-0.3, -0.25) is 14.7 Å². The first-order chi connectivity index (χ1) is 15.3. The minimum absolute atomic E-state index is 0. The molecule has 1 fully saturated rings. The van der Waals surface area contributed by atoms with Crippen molar-refractivity contribution in [3.8, 4) is 23.0 Å². The van der Waals surface area contributed by atoms with Crippen LogP contribution in [0.3, 0.4) is 0 Å². The number of hydrogen-bond acceptors (Lipinski definition) is 6. The van der Waals surface area contributed by atoms with Crippen molar-refractivity contribution in [2.45, 2.75) is 19.4 Å². The highest BCUT2D eigenvalue weighted by molar-refractivity contribution is 5.71. The van der Waals surface area contributed by atoms with E-state index in [9.17, 15) is 4.79 Å². The van der Waals surface area contributed by atoms with E-state index in [-0.39, 0.29) is 1.43 Å². The van der Waals surface area contributed by atoms with Gasteiger partial charge in [0.15, 0.2) is 11.5 Å². The fraction of sp³-hybridized carbons (Fsp3) is 0.250. The van der Waals surface area contributed by atoms with Crippen LogP contribution in [-0.2, 0) is 11.3 Å². The van der Waals surface area contributed by atoms with Crippen molar-refractivity contribution in [2.24, 2.45) is 0 Å². The minimum Gasteiger partial charge on any atom is -0.456 e. The second-order valence-corrected chi connectivity index (χ2v) is 7.21. The number of nitrogens with one attached hydrogen (secondary N) is 1. The van der Waals surface area contributed by atoms with Crippen molar-refractivity contribution in [1.82, 2.24) is 9.88 Å². The molecule has 0 spiro atoms. The van der Waals surface area contributed by atoms with E-state index >= 15 is 0 Å². The van der Waals surface area contributed by atoms with Crippen molar-refractivity contribution >= 4 is 12.1 Å². The molecule has 3 aromatic rings. The van der Waals surface area contributed by atoms with Crippen LogP contribution < -0.4 is 19.5 Å². The summed E-state index contributed by atoms with van der Waals surface area (Å²) in [6, 6.07) is 16.8. The third kappa shape index (κ3) is 5.73. The number of amides is 1. The number of anilines is 1. The smallest absolute Gasteiger partial charge is 0.231 e. The number of ether oxygens (including phenoxy) is 3. The van der Waals surface area contributed by atoms with E-state index in [0.717, 1.165) is 23.7 Å². The fourth-order valence-corrected chi connectivity index (χ4v) is 3.53. The maximum atomic E-state index is 10.2. The average molecular weight is 421 g/mol. The monoisotopic (exact) mass is 421 g/mol. The Morgan fingerprint density at radius 2 is 1.87 bits per heavy atom. The molecule has 0 saturated carbocycles. The number of carbonyl (C=O) groups excluding carboxylic acids is 1. The number of nitrogens with zero attached hydrogens (tertiary/aromatic N) is 2. The zero-order valence-corrected chi connectivity index (χ0v) is 17.2. The zero-order chi connectivity index (χ0) is 21.3. The number of benzene rings is 2. The summed E-state index contributed by atoms with van der Waals surface area (Å²) in [5.74, 6) is 3.22. The van der Waals surface area contributed by atoms with E-state index in [4.69, 9.17) is 14.2 Å². The van der Waals surface area contributed by atoms with Crippen molar-refractivity contribution in [2.75, 3.05) is 25.2 Å². The molecule has 5 rings (SSSR count). The van der Waals surface area contributed by atoms with E-state index in [1.807, 2.05) is 18.2 Å². The van der Waals surface area contributed by atoms with Crippen molar-refractivity contribution < 1.29 is 20.4 Å². The molecule has 1 amide bonds. The van der Waals surface area contributed by atoms with Gasteiger partial charge < -0.3 is 19.5 Å². The summed E-state index contributed by atoms with van der Waals surface area (Å²) in [4.78, 5) is 16.6. The van der Waals surface area contributed by atoms with Crippen molar-refractivity contribution in [3.05, 3.63) is 72.6 Å². The van der Waals surface area contributed by atoms with E-state index in [1.165, 1.54) is 31.5 Å². The van der Waals surface area contributed by atoms with Gasteiger partial charge in [-0.15, -0.1) is 0 Å². The molecule has 1 N–H and O–H groups in total. The van der Waals surface area contributed by atoms with E-state index in [1.54, 1.807) is 42.7 Å². The molecule has 2 aromatic carbocycles. The molecular formula is C24H27N3O4. The molecule has 0 aliphatic carbocycles. The molecular weight excluding hydrogens is 394 g/mol. The number of fused-ring (bicyclic) bond motifs is 1. The third-order valence-electron chi connectivity index (χ3n) is 5.02. The Balaban J connectivity index is 0.000000175. The minimum atomic E-state index is 0. The largest absolute Gasteiger partial charge is 0.456 e. The van der Waals surface area contributed by atoms with Gasteiger partial charge in [0.25, 0.3) is 0 Å². The standard InChI is InChI=1S/C12H10N2O2.C12H15NO2.H2/c15-9-14-10-3-5-11(6-4-10)16-12-2-1-7-13-8-12;1-2-7-13(6-1)8-10-4-3-5-11-12(10)15-9-14-11;/h1-9H,(H,14,15);3-5H,1-2,6-9H2;1H. The Morgan fingerprint density at radius 3 is 2.61 bits per heavy atom. The molecule has 0 unspecified atom stereocenters. The summed E-state index contributed by atoms with van der Waals surface area (Å²) in [5.41, 5.74) is 1.99. The second-order valence-electron chi connectivity index (χ2n) is 7.21. The lowest BCUT2D eigenvalue weighted by atomic mass is 10.2. The van der Waals surface area contributed by atoms with E-state index in [2.05, 4.69) is 21.3 Å². The van der Waals surface area contributed by atoms with Crippen LogP contribution in [0.1, 0.15) is 19.8 Å². The van der Waals surface area contributed by atoms with Crippen molar-refractivity contribution in [1.29, 1.82) is 0 Å². The molecule has 7 nitrogen and oxygen atoms in total. The topological polar surface area (TPSA) is 72.9 Å². The van der Waals surface area contributed by atoms with E-state index < -0.39 is 0 Å². The Bertz CT molecular complexity index is 980. The maximum absolute atomic E-state index is 10.2. The molecule has 0 radical (unpaired) electrons. The average Bonchev–Trinajstić information content (AvgIpc) is 3.49. The Hall–Kier alpha value is -3.58. The van der Waals surface area contributed by atoms with Crippen molar-refractivity contribution in [3.63, 3.8) is 0 Å². The molecule has 162 valence electrons. The third-order valence-corrected chi connectivity index (χ3v) is 5.02. The summed E-state index contributed by atoms with van der Waals surface area (Å²) >= 11 is 0. The number of hydrogen-bond donors (Lipinski definition) is 1. The van der Waals surface area contributed by atoms with Gasteiger partial charge in [0.05, 0.1) is 6.20 Å². The number of pyridine rings is 1. The summed E-state index contributed by atoms with van der Waals surface area (Å²) in [7, 11) is 0. The first kappa shape index (κ1) is 20.7. The lowest BCUT2D eigenvalue weighted by Crippen LogP contribution is -2.18. The van der Waals surface area contributed by atoms with Gasteiger partial charge in [0.1, 0.15) is 11.5 Å². The summed E-state index contributed by atoms with van der Waals surface area (Å²) in [6.45, 7) is 3.79. The first-order valence-corrected chi connectivity index (χ1v) is 10.3. The van der Waals surface area contributed by atoms with Gasteiger partial charge in [-0.25, -0.2) is 0 Å². The number of rotatable bonds is 6. The van der Waals surface area contributed by atoms with Crippen LogP contribution in [0.15, 0.2) is 67.0 Å². The predicted molar refractivity (Wildman–Crippen MR) is 120 cm³/mol. The van der Waals surface area contributed by atoms with Gasteiger partial charge in [-0.05, 0) is 68.4 Å². The van der Waals surface area contributed by atoms with Gasteiger partial charge >= 0.3 is 0 Å². The highest BCUT2D eigenvalue weighted by atomic mass is 16.7. The van der Waals surface area contributed by atoms with E-state index in [0.29, 0.717) is 24.7 Å². The summed E-state index contributed by atoms with van der Waals surface area (Å²) in [5, 5.41) is 2.55. The number of carbonyl (C=O) groups is 1. The van der Waals surface area contributed by atoms with Gasteiger partial charge in [-0.2, -0.15) is 0 Å². The molecule has 2 aliphatic rings. The summed E-state index contributed by atoms with van der Waals surface area (Å²) in [6.07, 6.45) is 6.61. The van der Waals surface area contributed by atoms with Crippen LogP contribution in [0.5, 0.6) is 23.0 Å². The Morgan fingerprint density at radius 1 is 1.03 bits per heavy atom. The van der Waals surface area contributed by atoms with Gasteiger partial charge in [-0.1, -0.05) is 12.1 Å². The number of likely N-dealkylation sites (tertiary alicyclic amines) is 1. The molecule has 0 bridgehead atoms. The summed E-state index contributed by atoms with van der Waals surface area (Å²) < 4.78 is 16.4. The van der Waals surface area contributed by atoms with Crippen LogP contribution in [0, 0.1) is 0 Å². The Labute approximate surface area is 183 Å². The fourth-order valence-electron chi connectivity index (χ4n) is 3.53. The molecule has 1 saturated heterocycles. The lowest BCUT2D eigenvalue weighted by molar-refractivity contribution is -0.105. The highest BCUT2D eigenvalue weighted by Crippen LogP contribution is 2.36. The molecule has 0 atom stereocenters. The number of aromatic nitrogens is 1. The van der Waals surface area contributed by atoms with Crippen LogP contribution in [0.4, 0.5) is 5.69 Å². The van der Waals surface area contributed by atoms with Crippen LogP contribution in [-0.4, -0.2) is 36.2 Å². The quantitative estimate of drug-likeness (QED) is 0.582. The first-order valence-electron chi connectivity index (χ1n) is 10.3. The van der Waals surface area contributed by atoms with Crippen LogP contribution >= 0.6 is 0 Å². The zero-order valence-electron chi connectivity index (χ0n) is 17.2.